The lowest BCUT2D eigenvalue weighted by Gasteiger charge is -2.17. The molecule has 0 aliphatic heterocycles. The molecule has 0 aromatic rings. The standard InChI is InChI=1S/C13H29N3O.HI/c1-5-6-7-8-9-12(2)16-13(14-3)15-10-11-17-4;/h12H,5-11H2,1-4H3,(H2,14,15,16);1H. The normalized spacial score (nSPS) is 12.8. The van der Waals surface area contributed by atoms with Crippen molar-refractivity contribution < 1.29 is 4.74 Å². The zero-order valence-electron chi connectivity index (χ0n) is 12.3. The monoisotopic (exact) mass is 371 g/mol. The van der Waals surface area contributed by atoms with Gasteiger partial charge in [0.25, 0.3) is 0 Å². The van der Waals surface area contributed by atoms with E-state index in [-0.39, 0.29) is 24.0 Å². The number of guanidine groups is 1. The number of nitrogens with one attached hydrogen (secondary N) is 2. The number of halogens is 1. The van der Waals surface area contributed by atoms with Crippen LogP contribution in [0, 0.1) is 0 Å². The van der Waals surface area contributed by atoms with Crippen LogP contribution in [0.15, 0.2) is 4.99 Å². The van der Waals surface area contributed by atoms with E-state index in [1.54, 1.807) is 14.2 Å². The van der Waals surface area contributed by atoms with E-state index in [2.05, 4.69) is 29.5 Å². The van der Waals surface area contributed by atoms with Crippen LogP contribution in [-0.2, 0) is 4.74 Å². The molecule has 0 aliphatic rings. The van der Waals surface area contributed by atoms with Crippen LogP contribution in [-0.4, -0.2) is 39.3 Å². The van der Waals surface area contributed by atoms with Crippen LogP contribution >= 0.6 is 24.0 Å². The Kier molecular flexibility index (Phi) is 16.9. The van der Waals surface area contributed by atoms with Crippen molar-refractivity contribution in [2.45, 2.75) is 52.0 Å². The maximum atomic E-state index is 4.99. The Morgan fingerprint density at radius 1 is 1.28 bits per heavy atom. The van der Waals surface area contributed by atoms with Crippen molar-refractivity contribution in [2.24, 2.45) is 4.99 Å². The highest BCUT2D eigenvalue weighted by molar-refractivity contribution is 14.0. The molecule has 0 amide bonds. The molecule has 0 heterocycles. The molecule has 110 valence electrons. The topological polar surface area (TPSA) is 45.7 Å². The Balaban J connectivity index is 0. The number of ether oxygens (including phenoxy) is 1. The van der Waals surface area contributed by atoms with Gasteiger partial charge in [0.05, 0.1) is 6.61 Å². The van der Waals surface area contributed by atoms with E-state index in [0.717, 1.165) is 12.5 Å². The van der Waals surface area contributed by atoms with Crippen molar-refractivity contribution in [3.05, 3.63) is 0 Å². The van der Waals surface area contributed by atoms with E-state index in [1.165, 1.54) is 32.1 Å². The zero-order chi connectivity index (χ0) is 12.9. The lowest BCUT2D eigenvalue weighted by Crippen LogP contribution is -2.43. The summed E-state index contributed by atoms with van der Waals surface area (Å²) in [6.07, 6.45) is 6.45. The van der Waals surface area contributed by atoms with Crippen molar-refractivity contribution in [2.75, 3.05) is 27.3 Å². The first-order chi connectivity index (χ1) is 8.24. The van der Waals surface area contributed by atoms with Gasteiger partial charge in [0.15, 0.2) is 5.96 Å². The summed E-state index contributed by atoms with van der Waals surface area (Å²) in [6, 6.07) is 0.473. The number of rotatable bonds is 9. The van der Waals surface area contributed by atoms with E-state index in [0.29, 0.717) is 12.6 Å². The van der Waals surface area contributed by atoms with Crippen LogP contribution < -0.4 is 10.6 Å². The first-order valence-electron chi connectivity index (χ1n) is 6.70. The fourth-order valence-electron chi connectivity index (χ4n) is 1.65. The second kappa shape index (κ2) is 15.0. The quantitative estimate of drug-likeness (QED) is 0.284. The summed E-state index contributed by atoms with van der Waals surface area (Å²) >= 11 is 0. The van der Waals surface area contributed by atoms with Crippen LogP contribution in [0.1, 0.15) is 46.0 Å². The number of nitrogens with zero attached hydrogens (tertiary/aromatic N) is 1. The lowest BCUT2D eigenvalue weighted by atomic mass is 10.1. The van der Waals surface area contributed by atoms with Gasteiger partial charge in [-0.3, -0.25) is 4.99 Å². The minimum absolute atomic E-state index is 0. The number of methoxy groups -OCH3 is 1. The molecule has 0 rings (SSSR count). The van der Waals surface area contributed by atoms with Crippen LogP contribution in [0.5, 0.6) is 0 Å². The molecule has 0 aromatic heterocycles. The molecule has 18 heavy (non-hydrogen) atoms. The minimum Gasteiger partial charge on any atom is -0.383 e. The van der Waals surface area contributed by atoms with Gasteiger partial charge >= 0.3 is 0 Å². The van der Waals surface area contributed by atoms with E-state index < -0.39 is 0 Å². The van der Waals surface area contributed by atoms with Crippen molar-refractivity contribution >= 4 is 29.9 Å². The molecule has 0 aliphatic carbocycles. The van der Waals surface area contributed by atoms with Crippen LogP contribution in [0.3, 0.4) is 0 Å². The lowest BCUT2D eigenvalue weighted by molar-refractivity contribution is 0.203. The van der Waals surface area contributed by atoms with Gasteiger partial charge in [-0.15, -0.1) is 24.0 Å². The summed E-state index contributed by atoms with van der Waals surface area (Å²) < 4.78 is 4.99. The molecule has 0 saturated carbocycles. The Labute approximate surface area is 129 Å². The molecule has 1 unspecified atom stereocenters. The molecule has 0 spiro atoms. The Morgan fingerprint density at radius 3 is 2.56 bits per heavy atom. The first kappa shape index (κ1) is 20.3. The largest absolute Gasteiger partial charge is 0.383 e. The molecule has 1 atom stereocenters. The third-order valence-electron chi connectivity index (χ3n) is 2.70. The molecular weight excluding hydrogens is 341 g/mol. The zero-order valence-corrected chi connectivity index (χ0v) is 14.6. The van der Waals surface area contributed by atoms with Crippen molar-refractivity contribution in [1.82, 2.24) is 10.6 Å². The summed E-state index contributed by atoms with van der Waals surface area (Å²) in [5.41, 5.74) is 0. The smallest absolute Gasteiger partial charge is 0.191 e. The molecule has 0 aromatic carbocycles. The Hall–Kier alpha value is -0.0400. The van der Waals surface area contributed by atoms with Gasteiger partial charge in [-0.1, -0.05) is 32.6 Å². The second-order valence-corrected chi connectivity index (χ2v) is 4.39. The number of aliphatic imine (C=N–C) groups is 1. The number of hydrogen-bond donors (Lipinski definition) is 2. The molecule has 2 N–H and O–H groups in total. The fourth-order valence-corrected chi connectivity index (χ4v) is 1.65. The van der Waals surface area contributed by atoms with Crippen molar-refractivity contribution in [3.8, 4) is 0 Å². The summed E-state index contributed by atoms with van der Waals surface area (Å²) in [5.74, 6) is 0.866. The number of hydrogen-bond acceptors (Lipinski definition) is 2. The van der Waals surface area contributed by atoms with Gasteiger partial charge in [-0.2, -0.15) is 0 Å². The molecule has 0 bridgehead atoms. The van der Waals surface area contributed by atoms with Gasteiger partial charge in [0, 0.05) is 26.7 Å². The molecule has 0 saturated heterocycles. The average Bonchev–Trinajstić information content (AvgIpc) is 2.33. The predicted octanol–water partition coefficient (Wildman–Crippen LogP) is 2.77. The highest BCUT2D eigenvalue weighted by atomic mass is 127. The van der Waals surface area contributed by atoms with Gasteiger partial charge in [0.2, 0.25) is 0 Å². The molecule has 5 heteroatoms. The average molecular weight is 371 g/mol. The molecule has 0 fully saturated rings. The first-order valence-corrected chi connectivity index (χ1v) is 6.70. The van der Waals surface area contributed by atoms with E-state index in [4.69, 9.17) is 4.74 Å². The maximum absolute atomic E-state index is 4.99. The second-order valence-electron chi connectivity index (χ2n) is 4.39. The van der Waals surface area contributed by atoms with E-state index in [9.17, 15) is 0 Å². The molecular formula is C13H30IN3O. The Bertz CT molecular complexity index is 201. The summed E-state index contributed by atoms with van der Waals surface area (Å²) in [4.78, 5) is 4.18. The highest BCUT2D eigenvalue weighted by Crippen LogP contribution is 2.04. The van der Waals surface area contributed by atoms with Gasteiger partial charge < -0.3 is 15.4 Å². The maximum Gasteiger partial charge on any atom is 0.191 e. The van der Waals surface area contributed by atoms with Crippen LogP contribution in [0.25, 0.3) is 0 Å². The molecule has 0 radical (unpaired) electrons. The van der Waals surface area contributed by atoms with Gasteiger partial charge in [-0.05, 0) is 13.3 Å². The molecule has 4 nitrogen and oxygen atoms in total. The van der Waals surface area contributed by atoms with E-state index in [1.807, 2.05) is 0 Å². The summed E-state index contributed by atoms with van der Waals surface area (Å²) in [6.45, 7) is 5.93. The fraction of sp³-hybridized carbons (Fsp3) is 0.923. The van der Waals surface area contributed by atoms with E-state index >= 15 is 0 Å². The van der Waals surface area contributed by atoms with Crippen molar-refractivity contribution in [1.29, 1.82) is 0 Å². The summed E-state index contributed by atoms with van der Waals surface area (Å²) in [7, 11) is 3.50. The van der Waals surface area contributed by atoms with Crippen molar-refractivity contribution in [3.63, 3.8) is 0 Å². The highest BCUT2D eigenvalue weighted by Gasteiger charge is 2.04. The van der Waals surface area contributed by atoms with Gasteiger partial charge in [-0.25, -0.2) is 0 Å². The Morgan fingerprint density at radius 2 is 2.00 bits per heavy atom. The SMILES string of the molecule is CCCCCCC(C)NC(=NC)NCCOC.I. The van der Waals surface area contributed by atoms with Crippen LogP contribution in [0.2, 0.25) is 0 Å². The van der Waals surface area contributed by atoms with Gasteiger partial charge in [0.1, 0.15) is 0 Å². The third kappa shape index (κ3) is 12.4. The minimum atomic E-state index is 0. The third-order valence-corrected chi connectivity index (χ3v) is 2.70. The van der Waals surface area contributed by atoms with Crippen LogP contribution in [0.4, 0.5) is 0 Å². The summed E-state index contributed by atoms with van der Waals surface area (Å²) in [5, 5.41) is 6.60. The predicted molar refractivity (Wildman–Crippen MR) is 90.0 cm³/mol. The number of unbranched alkanes of at least 4 members (excludes halogenated alkanes) is 3.